The normalized spacial score (nSPS) is 22.5. The van der Waals surface area contributed by atoms with E-state index in [0.717, 1.165) is 29.6 Å². The van der Waals surface area contributed by atoms with Gasteiger partial charge in [-0.05, 0) is 24.0 Å². The molecule has 0 bridgehead atoms. The van der Waals surface area contributed by atoms with Gasteiger partial charge in [0.2, 0.25) is 5.91 Å². The van der Waals surface area contributed by atoms with Crippen molar-refractivity contribution >= 4 is 22.5 Å². The fourth-order valence-corrected chi connectivity index (χ4v) is 3.43. The minimum atomic E-state index is -0.246. The van der Waals surface area contributed by atoms with E-state index in [2.05, 4.69) is 32.7 Å². The van der Waals surface area contributed by atoms with Crippen LogP contribution in [0.4, 0.5) is 5.69 Å². The van der Waals surface area contributed by atoms with Crippen molar-refractivity contribution in [2.45, 2.75) is 34.1 Å². The van der Waals surface area contributed by atoms with E-state index in [9.17, 15) is 4.79 Å². The van der Waals surface area contributed by atoms with Crippen molar-refractivity contribution in [3.05, 3.63) is 36.5 Å². The van der Waals surface area contributed by atoms with Gasteiger partial charge in [0.25, 0.3) is 0 Å². The predicted molar refractivity (Wildman–Crippen MR) is 86.3 cm³/mol. The Balaban J connectivity index is 2.02. The van der Waals surface area contributed by atoms with Crippen LogP contribution in [0.25, 0.3) is 10.9 Å². The van der Waals surface area contributed by atoms with Crippen LogP contribution in [0.3, 0.4) is 0 Å². The third kappa shape index (κ3) is 1.87. The summed E-state index contributed by atoms with van der Waals surface area (Å²) in [7, 11) is 0. The number of amides is 1. The van der Waals surface area contributed by atoms with Crippen molar-refractivity contribution in [2.24, 2.45) is 10.8 Å². The minimum Gasteiger partial charge on any atom is -0.309 e. The van der Waals surface area contributed by atoms with Gasteiger partial charge in [0.15, 0.2) is 0 Å². The fourth-order valence-electron chi connectivity index (χ4n) is 3.43. The van der Waals surface area contributed by atoms with Crippen LogP contribution >= 0.6 is 0 Å². The van der Waals surface area contributed by atoms with Gasteiger partial charge in [-0.15, -0.1) is 0 Å². The standard InChI is InChI=1S/C18H22N2O/c1-5-18(17(2,3)4)12-20(16(18)21)14-10-6-8-13-9-7-11-19-15(13)14/h6-11H,5,12H2,1-4H3. The zero-order valence-electron chi connectivity index (χ0n) is 13.2. The molecule has 2 heterocycles. The summed E-state index contributed by atoms with van der Waals surface area (Å²) in [6.07, 6.45) is 2.66. The number of pyridine rings is 1. The molecule has 110 valence electrons. The molecule has 0 aliphatic carbocycles. The second kappa shape index (κ2) is 4.55. The van der Waals surface area contributed by atoms with Crippen LogP contribution in [0, 0.1) is 10.8 Å². The monoisotopic (exact) mass is 282 g/mol. The molecule has 0 N–H and O–H groups in total. The Bertz CT molecular complexity index is 696. The smallest absolute Gasteiger partial charge is 0.235 e. The van der Waals surface area contributed by atoms with E-state index in [4.69, 9.17) is 0 Å². The van der Waals surface area contributed by atoms with E-state index in [1.54, 1.807) is 6.20 Å². The Morgan fingerprint density at radius 1 is 1.24 bits per heavy atom. The van der Waals surface area contributed by atoms with Gasteiger partial charge in [-0.3, -0.25) is 9.78 Å². The summed E-state index contributed by atoms with van der Waals surface area (Å²) in [5, 5.41) is 1.08. The Morgan fingerprint density at radius 2 is 1.95 bits per heavy atom. The minimum absolute atomic E-state index is 0.0205. The maximum Gasteiger partial charge on any atom is 0.235 e. The summed E-state index contributed by atoms with van der Waals surface area (Å²) in [5.41, 5.74) is 1.58. The summed E-state index contributed by atoms with van der Waals surface area (Å²) in [6.45, 7) is 9.37. The SMILES string of the molecule is CCC1(C(C)(C)C)CN(c2cccc3cccnc23)C1=O. The number of anilines is 1. The van der Waals surface area contributed by atoms with Crippen molar-refractivity contribution in [1.82, 2.24) is 4.98 Å². The second-order valence-electron chi connectivity index (χ2n) is 6.93. The summed E-state index contributed by atoms with van der Waals surface area (Å²) in [4.78, 5) is 19.3. The van der Waals surface area contributed by atoms with E-state index in [0.29, 0.717) is 0 Å². The van der Waals surface area contributed by atoms with Crippen LogP contribution in [0.2, 0.25) is 0 Å². The topological polar surface area (TPSA) is 33.2 Å². The molecule has 1 unspecified atom stereocenters. The lowest BCUT2D eigenvalue weighted by molar-refractivity contribution is -0.144. The largest absolute Gasteiger partial charge is 0.309 e. The Labute approximate surface area is 126 Å². The molecule has 1 amide bonds. The summed E-state index contributed by atoms with van der Waals surface area (Å²) >= 11 is 0. The quantitative estimate of drug-likeness (QED) is 0.779. The Kier molecular flexibility index (Phi) is 3.05. The van der Waals surface area contributed by atoms with Crippen molar-refractivity contribution < 1.29 is 4.79 Å². The highest BCUT2D eigenvalue weighted by molar-refractivity contribution is 6.09. The van der Waals surface area contributed by atoms with E-state index in [1.807, 2.05) is 35.2 Å². The molecule has 3 heteroatoms. The number of carbonyl (C=O) groups excluding carboxylic acids is 1. The lowest BCUT2D eigenvalue weighted by Gasteiger charge is -2.55. The molecule has 0 spiro atoms. The first-order valence-corrected chi connectivity index (χ1v) is 7.56. The molecule has 2 aromatic rings. The molecule has 1 aliphatic rings. The summed E-state index contributed by atoms with van der Waals surface area (Å²) in [5.74, 6) is 0.232. The number of nitrogens with zero attached hydrogens (tertiary/aromatic N) is 2. The molecule has 1 aromatic heterocycles. The molecule has 1 aliphatic heterocycles. The van der Waals surface area contributed by atoms with Gasteiger partial charge in [-0.25, -0.2) is 0 Å². The number of hydrogen-bond acceptors (Lipinski definition) is 2. The highest BCUT2D eigenvalue weighted by Gasteiger charge is 2.58. The van der Waals surface area contributed by atoms with Gasteiger partial charge < -0.3 is 4.90 Å². The van der Waals surface area contributed by atoms with Crippen LogP contribution in [-0.4, -0.2) is 17.4 Å². The lowest BCUT2D eigenvalue weighted by Crippen LogP contribution is -2.66. The number of aromatic nitrogens is 1. The van der Waals surface area contributed by atoms with Crippen molar-refractivity contribution in [1.29, 1.82) is 0 Å². The molecular formula is C18H22N2O. The van der Waals surface area contributed by atoms with E-state index >= 15 is 0 Å². The lowest BCUT2D eigenvalue weighted by atomic mass is 9.59. The molecule has 1 fully saturated rings. The first-order valence-electron chi connectivity index (χ1n) is 7.56. The van der Waals surface area contributed by atoms with Gasteiger partial charge in [0.05, 0.1) is 16.6 Å². The molecule has 3 nitrogen and oxygen atoms in total. The van der Waals surface area contributed by atoms with E-state index in [-0.39, 0.29) is 16.7 Å². The average molecular weight is 282 g/mol. The molecule has 0 radical (unpaired) electrons. The van der Waals surface area contributed by atoms with Gasteiger partial charge >= 0.3 is 0 Å². The van der Waals surface area contributed by atoms with E-state index < -0.39 is 0 Å². The number of fused-ring (bicyclic) bond motifs is 1. The number of β-lactam (4-membered cyclic amide) rings is 1. The van der Waals surface area contributed by atoms with Crippen LogP contribution < -0.4 is 4.90 Å². The van der Waals surface area contributed by atoms with Crippen LogP contribution in [0.15, 0.2) is 36.5 Å². The first-order chi connectivity index (χ1) is 9.90. The molecular weight excluding hydrogens is 260 g/mol. The van der Waals surface area contributed by atoms with Crippen molar-refractivity contribution in [3.8, 4) is 0 Å². The Hall–Kier alpha value is -1.90. The zero-order chi connectivity index (χ0) is 15.3. The van der Waals surface area contributed by atoms with Gasteiger partial charge in [0, 0.05) is 18.1 Å². The molecule has 1 aromatic carbocycles. The average Bonchev–Trinajstić information content (AvgIpc) is 2.45. The summed E-state index contributed by atoms with van der Waals surface area (Å²) in [6, 6.07) is 9.99. The second-order valence-corrected chi connectivity index (χ2v) is 6.93. The maximum absolute atomic E-state index is 12.9. The fraction of sp³-hybridized carbons (Fsp3) is 0.444. The number of para-hydroxylation sites is 1. The predicted octanol–water partition coefficient (Wildman–Crippen LogP) is 4.02. The highest BCUT2D eigenvalue weighted by atomic mass is 16.2. The Morgan fingerprint density at radius 3 is 2.57 bits per heavy atom. The highest BCUT2D eigenvalue weighted by Crippen LogP contribution is 2.51. The first kappa shape index (κ1) is 14.1. The molecule has 1 saturated heterocycles. The molecule has 3 rings (SSSR count). The van der Waals surface area contributed by atoms with Crippen LogP contribution in [-0.2, 0) is 4.79 Å². The molecule has 1 atom stereocenters. The van der Waals surface area contributed by atoms with Gasteiger partial charge in [-0.2, -0.15) is 0 Å². The summed E-state index contributed by atoms with van der Waals surface area (Å²) < 4.78 is 0. The third-order valence-electron chi connectivity index (χ3n) is 5.02. The number of hydrogen-bond donors (Lipinski definition) is 0. The van der Waals surface area contributed by atoms with E-state index in [1.165, 1.54) is 0 Å². The van der Waals surface area contributed by atoms with Crippen LogP contribution in [0.5, 0.6) is 0 Å². The maximum atomic E-state index is 12.9. The number of benzene rings is 1. The third-order valence-corrected chi connectivity index (χ3v) is 5.02. The van der Waals surface area contributed by atoms with Crippen molar-refractivity contribution in [3.63, 3.8) is 0 Å². The van der Waals surface area contributed by atoms with Gasteiger partial charge in [0.1, 0.15) is 0 Å². The van der Waals surface area contributed by atoms with Crippen LogP contribution in [0.1, 0.15) is 34.1 Å². The molecule has 21 heavy (non-hydrogen) atoms. The molecule has 0 saturated carbocycles. The zero-order valence-corrected chi connectivity index (χ0v) is 13.2. The number of carbonyl (C=O) groups is 1. The van der Waals surface area contributed by atoms with Gasteiger partial charge in [-0.1, -0.05) is 45.9 Å². The number of rotatable bonds is 2. The van der Waals surface area contributed by atoms with Crippen molar-refractivity contribution in [2.75, 3.05) is 11.4 Å².